The zero-order valence-electron chi connectivity index (χ0n) is 14.6. The highest BCUT2D eigenvalue weighted by atomic mass is 16.2. The molecule has 1 atom stereocenters. The predicted octanol–water partition coefficient (Wildman–Crippen LogP) is 2.22. The number of carbonyl (C=O) groups excluding carboxylic acids is 2. The lowest BCUT2D eigenvalue weighted by Gasteiger charge is -2.41. The molecule has 0 spiro atoms. The molecule has 1 aliphatic heterocycles. The lowest BCUT2D eigenvalue weighted by Crippen LogP contribution is -2.46. The number of para-hydroxylation sites is 1. The second-order valence-electron chi connectivity index (χ2n) is 7.03. The minimum Gasteiger partial charge on any atom is -0.350 e. The van der Waals surface area contributed by atoms with E-state index in [1.54, 1.807) is 9.58 Å². The fourth-order valence-electron chi connectivity index (χ4n) is 4.21. The van der Waals surface area contributed by atoms with Crippen molar-refractivity contribution in [2.24, 2.45) is 12.5 Å². The van der Waals surface area contributed by atoms with E-state index in [0.29, 0.717) is 18.7 Å². The fraction of sp³-hybridized carbons (Fsp3) is 0.421. The summed E-state index contributed by atoms with van der Waals surface area (Å²) in [7, 11) is 3.68. The average Bonchev–Trinajstić information content (AvgIpc) is 3.19. The van der Waals surface area contributed by atoms with Crippen molar-refractivity contribution in [2.45, 2.75) is 25.7 Å². The zero-order chi connectivity index (χ0) is 17.6. The number of aromatic nitrogens is 2. The number of nitrogens with zero attached hydrogens (tertiary/aromatic N) is 3. The first-order valence-electron chi connectivity index (χ1n) is 8.69. The third kappa shape index (κ3) is 2.44. The molecular weight excluding hydrogens is 316 g/mol. The van der Waals surface area contributed by atoms with E-state index in [4.69, 9.17) is 0 Å². The van der Waals surface area contributed by atoms with Crippen LogP contribution >= 0.6 is 0 Å². The van der Waals surface area contributed by atoms with Gasteiger partial charge in [0, 0.05) is 43.6 Å². The summed E-state index contributed by atoms with van der Waals surface area (Å²) in [6.45, 7) is 0.542. The molecule has 1 fully saturated rings. The van der Waals surface area contributed by atoms with Crippen LogP contribution in [-0.4, -0.2) is 40.1 Å². The van der Waals surface area contributed by atoms with E-state index in [0.717, 1.165) is 35.9 Å². The van der Waals surface area contributed by atoms with Crippen molar-refractivity contribution < 1.29 is 9.59 Å². The van der Waals surface area contributed by atoms with Gasteiger partial charge < -0.3 is 10.2 Å². The van der Waals surface area contributed by atoms with E-state index < -0.39 is 0 Å². The molecule has 0 bridgehead atoms. The van der Waals surface area contributed by atoms with Gasteiger partial charge in [-0.25, -0.2) is 0 Å². The molecular formula is C19H22N4O2. The van der Waals surface area contributed by atoms with Crippen LogP contribution in [0.5, 0.6) is 0 Å². The number of hydrogen-bond acceptors (Lipinski definition) is 3. The zero-order valence-corrected chi connectivity index (χ0v) is 14.6. The SMILES string of the molecule is CN1C(=O)CCC2(CNC(=O)c3nn(C)c4ccccc34)CCC=C12. The summed E-state index contributed by atoms with van der Waals surface area (Å²) < 4.78 is 1.73. The van der Waals surface area contributed by atoms with Crippen molar-refractivity contribution >= 4 is 22.7 Å². The normalized spacial score (nSPS) is 22.9. The summed E-state index contributed by atoms with van der Waals surface area (Å²) in [6.07, 6.45) is 5.40. The van der Waals surface area contributed by atoms with Crippen LogP contribution < -0.4 is 5.32 Å². The highest BCUT2D eigenvalue weighted by molar-refractivity contribution is 6.04. The summed E-state index contributed by atoms with van der Waals surface area (Å²) in [5.41, 5.74) is 2.34. The van der Waals surface area contributed by atoms with E-state index in [1.165, 1.54) is 0 Å². The largest absolute Gasteiger partial charge is 0.350 e. The van der Waals surface area contributed by atoms with Gasteiger partial charge >= 0.3 is 0 Å². The summed E-state index contributed by atoms with van der Waals surface area (Å²) in [4.78, 5) is 26.5. The molecule has 6 heteroatoms. The minimum absolute atomic E-state index is 0.122. The maximum atomic E-state index is 12.8. The van der Waals surface area contributed by atoms with Crippen molar-refractivity contribution in [3.63, 3.8) is 0 Å². The predicted molar refractivity (Wildman–Crippen MR) is 94.8 cm³/mol. The monoisotopic (exact) mass is 338 g/mol. The minimum atomic E-state index is -0.156. The molecule has 6 nitrogen and oxygen atoms in total. The highest BCUT2D eigenvalue weighted by Crippen LogP contribution is 2.46. The number of likely N-dealkylation sites (tertiary alicyclic amines) is 1. The smallest absolute Gasteiger partial charge is 0.272 e. The van der Waals surface area contributed by atoms with Gasteiger partial charge in [0.15, 0.2) is 5.69 Å². The van der Waals surface area contributed by atoms with Crippen molar-refractivity contribution in [3.05, 3.63) is 41.7 Å². The Morgan fingerprint density at radius 1 is 1.28 bits per heavy atom. The van der Waals surface area contributed by atoms with Gasteiger partial charge in [0.2, 0.25) is 5.91 Å². The number of allylic oxidation sites excluding steroid dienone is 1. The van der Waals surface area contributed by atoms with Crippen LogP contribution in [0.15, 0.2) is 36.0 Å². The molecule has 1 saturated heterocycles. The molecule has 1 N–H and O–H groups in total. The average molecular weight is 338 g/mol. The second-order valence-corrected chi connectivity index (χ2v) is 7.03. The van der Waals surface area contributed by atoms with Crippen LogP contribution in [0.1, 0.15) is 36.2 Å². The maximum absolute atomic E-state index is 12.8. The molecule has 2 heterocycles. The van der Waals surface area contributed by atoms with Crippen LogP contribution in [0.3, 0.4) is 0 Å². The number of aryl methyl sites for hydroxylation is 1. The molecule has 1 aliphatic carbocycles. The van der Waals surface area contributed by atoms with Crippen molar-refractivity contribution in [3.8, 4) is 0 Å². The number of hydrogen-bond donors (Lipinski definition) is 1. The van der Waals surface area contributed by atoms with Gasteiger partial charge in [-0.1, -0.05) is 24.3 Å². The van der Waals surface area contributed by atoms with Gasteiger partial charge in [-0.05, 0) is 25.3 Å². The Morgan fingerprint density at radius 2 is 2.08 bits per heavy atom. The van der Waals surface area contributed by atoms with Crippen LogP contribution in [0, 0.1) is 5.41 Å². The Hall–Kier alpha value is -2.63. The van der Waals surface area contributed by atoms with E-state index in [2.05, 4.69) is 16.5 Å². The molecule has 1 unspecified atom stereocenters. The number of fused-ring (bicyclic) bond motifs is 2. The Morgan fingerprint density at radius 3 is 2.92 bits per heavy atom. The third-order valence-corrected chi connectivity index (χ3v) is 5.62. The number of rotatable bonds is 3. The number of benzene rings is 1. The summed E-state index contributed by atoms with van der Waals surface area (Å²) in [6, 6.07) is 7.73. The van der Waals surface area contributed by atoms with E-state index in [1.807, 2.05) is 38.4 Å². The van der Waals surface area contributed by atoms with Gasteiger partial charge in [-0.15, -0.1) is 0 Å². The number of carbonyl (C=O) groups is 2. The molecule has 0 saturated carbocycles. The first kappa shape index (κ1) is 15.9. The molecule has 2 aromatic rings. The Labute approximate surface area is 146 Å². The molecule has 130 valence electrons. The molecule has 4 rings (SSSR count). The Balaban J connectivity index is 1.56. The van der Waals surface area contributed by atoms with E-state index >= 15 is 0 Å². The number of nitrogens with one attached hydrogen (secondary N) is 1. The molecule has 2 amide bonds. The van der Waals surface area contributed by atoms with Gasteiger partial charge in [-0.3, -0.25) is 14.3 Å². The van der Waals surface area contributed by atoms with Gasteiger partial charge in [0.05, 0.1) is 5.52 Å². The van der Waals surface area contributed by atoms with Crippen LogP contribution in [0.2, 0.25) is 0 Å². The van der Waals surface area contributed by atoms with Crippen molar-refractivity contribution in [1.82, 2.24) is 20.0 Å². The van der Waals surface area contributed by atoms with Crippen LogP contribution in [0.25, 0.3) is 10.9 Å². The number of amides is 2. The fourth-order valence-corrected chi connectivity index (χ4v) is 4.21. The Kier molecular flexibility index (Phi) is 3.63. The van der Waals surface area contributed by atoms with E-state index in [-0.39, 0.29) is 17.2 Å². The molecule has 2 aliphatic rings. The highest BCUT2D eigenvalue weighted by Gasteiger charge is 2.44. The van der Waals surface area contributed by atoms with Gasteiger partial charge in [0.1, 0.15) is 0 Å². The summed E-state index contributed by atoms with van der Waals surface area (Å²) in [5, 5.41) is 8.33. The quantitative estimate of drug-likeness (QED) is 0.933. The third-order valence-electron chi connectivity index (χ3n) is 5.62. The van der Waals surface area contributed by atoms with Crippen LogP contribution in [-0.2, 0) is 11.8 Å². The molecule has 25 heavy (non-hydrogen) atoms. The standard InChI is InChI=1S/C19H22N4O2/c1-22-15-8-5-10-19(15,11-9-16(22)24)12-20-18(25)17-13-6-3-4-7-14(13)23(2)21-17/h3-4,6-8H,5,9-12H2,1-2H3,(H,20,25). The van der Waals surface area contributed by atoms with Crippen molar-refractivity contribution in [1.29, 1.82) is 0 Å². The second kappa shape index (κ2) is 5.72. The Bertz CT molecular complexity index is 898. The van der Waals surface area contributed by atoms with Gasteiger partial charge in [-0.2, -0.15) is 5.10 Å². The van der Waals surface area contributed by atoms with Crippen LogP contribution in [0.4, 0.5) is 0 Å². The van der Waals surface area contributed by atoms with E-state index in [9.17, 15) is 9.59 Å². The summed E-state index contributed by atoms with van der Waals surface area (Å²) in [5.74, 6) is 0.00259. The van der Waals surface area contributed by atoms with Crippen molar-refractivity contribution in [2.75, 3.05) is 13.6 Å². The number of piperidine rings is 1. The first-order chi connectivity index (χ1) is 12.0. The lowest BCUT2D eigenvalue weighted by molar-refractivity contribution is -0.131. The lowest BCUT2D eigenvalue weighted by atomic mass is 9.77. The maximum Gasteiger partial charge on any atom is 0.272 e. The molecule has 1 aromatic carbocycles. The molecule has 1 aromatic heterocycles. The molecule has 0 radical (unpaired) electrons. The first-order valence-corrected chi connectivity index (χ1v) is 8.69. The summed E-state index contributed by atoms with van der Waals surface area (Å²) >= 11 is 0. The topological polar surface area (TPSA) is 67.2 Å². The van der Waals surface area contributed by atoms with Gasteiger partial charge in [0.25, 0.3) is 5.91 Å².